The fourth-order valence-corrected chi connectivity index (χ4v) is 2.76. The Morgan fingerprint density at radius 1 is 1.29 bits per heavy atom. The van der Waals surface area contributed by atoms with Gasteiger partial charge in [-0.25, -0.2) is 4.39 Å². The van der Waals surface area contributed by atoms with E-state index < -0.39 is 17.6 Å². The zero-order valence-electron chi connectivity index (χ0n) is 12.0. The molecule has 1 aliphatic rings. The normalized spacial score (nSPS) is 20.0. The summed E-state index contributed by atoms with van der Waals surface area (Å²) in [6.07, 6.45) is -1.19. The molecule has 0 aliphatic carbocycles. The van der Waals surface area contributed by atoms with Crippen molar-refractivity contribution in [3.05, 3.63) is 35.1 Å². The molecule has 1 saturated heterocycles. The van der Waals surface area contributed by atoms with Crippen LogP contribution in [0.2, 0.25) is 0 Å². The molecule has 0 radical (unpaired) electrons. The fraction of sp³-hybridized carbons (Fsp3) is 0.600. The second-order valence-electron chi connectivity index (χ2n) is 5.64. The van der Waals surface area contributed by atoms with E-state index in [1.807, 2.05) is 4.90 Å². The number of likely N-dealkylation sites (N-methyl/N-ethyl adjacent to an activating group) is 1. The number of hydrogen-bond donors (Lipinski definition) is 1. The van der Waals surface area contributed by atoms with Crippen LogP contribution in [-0.2, 0) is 12.7 Å². The number of nitrogens with one attached hydrogen (secondary N) is 1. The van der Waals surface area contributed by atoms with Gasteiger partial charge in [-0.05, 0) is 44.1 Å². The predicted molar refractivity (Wildman–Crippen MR) is 73.4 cm³/mol. The molecule has 1 fully saturated rings. The topological polar surface area (TPSA) is 15.3 Å². The molecule has 0 aromatic heterocycles. The van der Waals surface area contributed by atoms with E-state index in [2.05, 4.69) is 5.32 Å². The first-order valence-electron chi connectivity index (χ1n) is 7.14. The molecule has 1 aliphatic heterocycles. The minimum atomic E-state index is -4.53. The van der Waals surface area contributed by atoms with E-state index in [0.29, 0.717) is 18.7 Å². The van der Waals surface area contributed by atoms with Crippen molar-refractivity contribution in [3.63, 3.8) is 0 Å². The number of rotatable bonds is 4. The van der Waals surface area contributed by atoms with Gasteiger partial charge in [-0.3, -0.25) is 0 Å². The third kappa shape index (κ3) is 4.68. The van der Waals surface area contributed by atoms with Gasteiger partial charge in [0.15, 0.2) is 0 Å². The number of piperidine rings is 1. The lowest BCUT2D eigenvalue weighted by atomic mass is 10.0. The van der Waals surface area contributed by atoms with Gasteiger partial charge >= 0.3 is 6.18 Å². The molecule has 2 nitrogen and oxygen atoms in total. The maximum Gasteiger partial charge on any atom is 0.416 e. The summed E-state index contributed by atoms with van der Waals surface area (Å²) in [5.74, 6) is -0.859. The van der Waals surface area contributed by atoms with E-state index in [1.165, 1.54) is 6.07 Å². The van der Waals surface area contributed by atoms with E-state index in [1.54, 1.807) is 7.05 Å². The first-order valence-corrected chi connectivity index (χ1v) is 7.14. The standard InChI is InChI=1S/C15H20F4N2/c1-21(10-13-4-2-3-7-20-13)9-11-5-6-12(16)8-14(11)15(17,18)19/h5-6,8,13,20H,2-4,7,9-10H2,1H3. The van der Waals surface area contributed by atoms with Gasteiger partial charge in [0.2, 0.25) is 0 Å². The van der Waals surface area contributed by atoms with Gasteiger partial charge in [0, 0.05) is 19.1 Å². The van der Waals surface area contributed by atoms with E-state index >= 15 is 0 Å². The van der Waals surface area contributed by atoms with E-state index in [9.17, 15) is 17.6 Å². The molecule has 0 saturated carbocycles. The Bertz CT molecular complexity index is 467. The summed E-state index contributed by atoms with van der Waals surface area (Å²) in [4.78, 5) is 1.85. The van der Waals surface area contributed by atoms with Crippen LogP contribution in [0.3, 0.4) is 0 Å². The molecule has 1 aromatic rings. The number of hydrogen-bond acceptors (Lipinski definition) is 2. The summed E-state index contributed by atoms with van der Waals surface area (Å²) < 4.78 is 51.9. The van der Waals surface area contributed by atoms with Crippen LogP contribution in [-0.4, -0.2) is 31.1 Å². The Morgan fingerprint density at radius 3 is 2.67 bits per heavy atom. The molecule has 6 heteroatoms. The number of nitrogens with zero attached hydrogens (tertiary/aromatic N) is 1. The largest absolute Gasteiger partial charge is 0.416 e. The van der Waals surface area contributed by atoms with E-state index in [0.717, 1.165) is 31.9 Å². The average molecular weight is 304 g/mol. The minimum Gasteiger partial charge on any atom is -0.313 e. The summed E-state index contributed by atoms with van der Waals surface area (Å²) in [5, 5.41) is 3.37. The average Bonchev–Trinajstić information content (AvgIpc) is 2.40. The van der Waals surface area contributed by atoms with Crippen molar-refractivity contribution < 1.29 is 17.6 Å². The van der Waals surface area contributed by atoms with Crippen molar-refractivity contribution in [2.45, 2.75) is 38.0 Å². The van der Waals surface area contributed by atoms with Gasteiger partial charge in [0.1, 0.15) is 5.82 Å². The van der Waals surface area contributed by atoms with Crippen molar-refractivity contribution >= 4 is 0 Å². The molecule has 0 amide bonds. The molecule has 1 unspecified atom stereocenters. The van der Waals surface area contributed by atoms with Crippen LogP contribution in [0, 0.1) is 5.82 Å². The summed E-state index contributed by atoms with van der Waals surface area (Å²) in [5.41, 5.74) is -0.770. The summed E-state index contributed by atoms with van der Waals surface area (Å²) in [7, 11) is 1.79. The van der Waals surface area contributed by atoms with Crippen LogP contribution in [0.25, 0.3) is 0 Å². The van der Waals surface area contributed by atoms with Crippen LogP contribution in [0.1, 0.15) is 30.4 Å². The van der Waals surface area contributed by atoms with Crippen molar-refractivity contribution in [2.75, 3.05) is 20.1 Å². The summed E-state index contributed by atoms with van der Waals surface area (Å²) in [6.45, 7) is 1.81. The molecular weight excluding hydrogens is 284 g/mol. The molecule has 21 heavy (non-hydrogen) atoms. The smallest absolute Gasteiger partial charge is 0.313 e. The molecule has 0 bridgehead atoms. The minimum absolute atomic E-state index is 0.113. The zero-order chi connectivity index (χ0) is 15.5. The summed E-state index contributed by atoms with van der Waals surface area (Å²) >= 11 is 0. The maximum absolute atomic E-state index is 13.1. The lowest BCUT2D eigenvalue weighted by Gasteiger charge is -2.28. The van der Waals surface area contributed by atoms with Crippen LogP contribution >= 0.6 is 0 Å². The number of halogens is 4. The predicted octanol–water partition coefficient (Wildman–Crippen LogP) is 3.42. The number of alkyl halides is 3. The quantitative estimate of drug-likeness (QED) is 0.858. The summed E-state index contributed by atoms with van der Waals surface area (Å²) in [6, 6.07) is 3.20. The van der Waals surface area contributed by atoms with Crippen LogP contribution in [0.4, 0.5) is 17.6 Å². The Hall–Kier alpha value is -1.14. The van der Waals surface area contributed by atoms with Crippen LogP contribution in [0.15, 0.2) is 18.2 Å². The molecule has 118 valence electrons. The molecule has 1 aromatic carbocycles. The van der Waals surface area contributed by atoms with Crippen molar-refractivity contribution in [3.8, 4) is 0 Å². The molecule has 2 rings (SSSR count). The number of benzene rings is 1. The Kier molecular flexibility index (Phi) is 5.22. The molecule has 1 heterocycles. The highest BCUT2D eigenvalue weighted by atomic mass is 19.4. The first kappa shape index (κ1) is 16.2. The molecular formula is C15H20F4N2. The first-order chi connectivity index (χ1) is 9.86. The molecule has 0 spiro atoms. The van der Waals surface area contributed by atoms with Gasteiger partial charge in [0.05, 0.1) is 5.56 Å². The Balaban J connectivity index is 2.04. The third-order valence-corrected chi connectivity index (χ3v) is 3.76. The SMILES string of the molecule is CN(Cc1ccc(F)cc1C(F)(F)F)CC1CCCCN1. The zero-order valence-corrected chi connectivity index (χ0v) is 12.0. The van der Waals surface area contributed by atoms with E-state index in [4.69, 9.17) is 0 Å². The van der Waals surface area contributed by atoms with Crippen molar-refractivity contribution in [1.29, 1.82) is 0 Å². The van der Waals surface area contributed by atoms with Gasteiger partial charge in [-0.15, -0.1) is 0 Å². The fourth-order valence-electron chi connectivity index (χ4n) is 2.76. The highest BCUT2D eigenvalue weighted by Gasteiger charge is 2.34. The van der Waals surface area contributed by atoms with Gasteiger partial charge < -0.3 is 10.2 Å². The monoisotopic (exact) mass is 304 g/mol. The molecule has 1 atom stereocenters. The van der Waals surface area contributed by atoms with Crippen molar-refractivity contribution in [2.24, 2.45) is 0 Å². The molecule has 1 N–H and O–H groups in total. The second kappa shape index (κ2) is 6.75. The van der Waals surface area contributed by atoms with Crippen molar-refractivity contribution in [1.82, 2.24) is 10.2 Å². The second-order valence-corrected chi connectivity index (χ2v) is 5.64. The van der Waals surface area contributed by atoms with Gasteiger partial charge in [0.25, 0.3) is 0 Å². The van der Waals surface area contributed by atoms with Crippen LogP contribution in [0.5, 0.6) is 0 Å². The highest BCUT2D eigenvalue weighted by Crippen LogP contribution is 2.33. The Labute approximate surface area is 122 Å². The highest BCUT2D eigenvalue weighted by molar-refractivity contribution is 5.30. The maximum atomic E-state index is 13.1. The van der Waals surface area contributed by atoms with Crippen LogP contribution < -0.4 is 5.32 Å². The lowest BCUT2D eigenvalue weighted by Crippen LogP contribution is -2.42. The third-order valence-electron chi connectivity index (χ3n) is 3.76. The van der Waals surface area contributed by atoms with Gasteiger partial charge in [-0.2, -0.15) is 13.2 Å². The van der Waals surface area contributed by atoms with Gasteiger partial charge in [-0.1, -0.05) is 12.5 Å². The lowest BCUT2D eigenvalue weighted by molar-refractivity contribution is -0.138. The van der Waals surface area contributed by atoms with E-state index in [-0.39, 0.29) is 12.1 Å². The Morgan fingerprint density at radius 2 is 2.05 bits per heavy atom.